The maximum Gasteiger partial charge on any atom is 0.361 e. The molecule has 1 atom stereocenters. The van der Waals surface area contributed by atoms with E-state index in [1.165, 1.54) is 7.11 Å². The van der Waals surface area contributed by atoms with Crippen molar-refractivity contribution in [3.8, 4) is 0 Å². The van der Waals surface area contributed by atoms with E-state index in [0.29, 0.717) is 16.8 Å². The molecule has 0 aromatic carbocycles. The van der Waals surface area contributed by atoms with Crippen molar-refractivity contribution in [2.24, 2.45) is 0 Å². The summed E-state index contributed by atoms with van der Waals surface area (Å²) in [5.41, 5.74) is -0.690. The normalized spacial score (nSPS) is 28.8. The lowest BCUT2D eigenvalue weighted by Gasteiger charge is -2.21. The molecule has 1 unspecified atom stereocenters. The van der Waals surface area contributed by atoms with Gasteiger partial charge in [0.1, 0.15) is 5.60 Å². The molecule has 0 radical (unpaired) electrons. The second-order valence-corrected chi connectivity index (χ2v) is 6.80. The van der Waals surface area contributed by atoms with Gasteiger partial charge in [0.15, 0.2) is 0 Å². The van der Waals surface area contributed by atoms with Crippen molar-refractivity contribution in [2.45, 2.75) is 26.4 Å². The summed E-state index contributed by atoms with van der Waals surface area (Å²) in [5, 5.41) is 0.529. The van der Waals surface area contributed by atoms with Crippen molar-refractivity contribution in [1.82, 2.24) is 0 Å². The van der Waals surface area contributed by atoms with Crippen LogP contribution in [0.15, 0.2) is 10.2 Å². The summed E-state index contributed by atoms with van der Waals surface area (Å²) in [6.07, 6.45) is 0. The molecule has 0 aliphatic carbocycles. The molecule has 0 saturated carbocycles. The van der Waals surface area contributed by atoms with E-state index in [2.05, 4.69) is 0 Å². The highest BCUT2D eigenvalue weighted by atomic mass is 35.7. The smallest absolute Gasteiger partial charge is 0.361 e. The van der Waals surface area contributed by atoms with E-state index in [0.717, 1.165) is 11.0 Å². The number of methoxy groups -OCH3 is 1. The van der Waals surface area contributed by atoms with Gasteiger partial charge in [-0.3, -0.25) is 9.09 Å². The lowest BCUT2D eigenvalue weighted by Crippen LogP contribution is -2.19. The number of halogens is 1. The van der Waals surface area contributed by atoms with Gasteiger partial charge in [0.25, 0.3) is 0 Å². The lowest BCUT2D eigenvalue weighted by atomic mass is 10.1. The highest BCUT2D eigenvalue weighted by Gasteiger charge is 2.49. The molecule has 7 heteroatoms. The van der Waals surface area contributed by atoms with Crippen LogP contribution in [0.4, 0.5) is 0 Å². The Morgan fingerprint density at radius 1 is 1.56 bits per heavy atom. The number of hydrogen-bond acceptors (Lipinski definition) is 5. The molecule has 94 valence electrons. The third kappa shape index (κ3) is 2.66. The molecule has 0 fully saturated rings. The highest BCUT2D eigenvalue weighted by molar-refractivity contribution is 8.24. The van der Waals surface area contributed by atoms with E-state index in [1.54, 1.807) is 6.92 Å². The molecule has 1 rings (SSSR count). The second-order valence-electron chi connectivity index (χ2n) is 3.80. The van der Waals surface area contributed by atoms with Gasteiger partial charge < -0.3 is 9.26 Å². The molecule has 1 heterocycles. The van der Waals surface area contributed by atoms with Gasteiger partial charge in [0.05, 0.1) is 18.5 Å². The Morgan fingerprint density at radius 2 is 2.19 bits per heavy atom. The lowest BCUT2D eigenvalue weighted by molar-refractivity contribution is 0.133. The topological polar surface area (TPSA) is 44.8 Å². The summed E-state index contributed by atoms with van der Waals surface area (Å²) in [6, 6.07) is 0. The van der Waals surface area contributed by atoms with E-state index in [1.807, 2.05) is 13.8 Å². The fraction of sp³-hybridized carbons (Fsp3) is 0.778. The molecule has 0 N–H and O–H groups in total. The first kappa shape index (κ1) is 14.6. The Balaban J connectivity index is 3.17. The average molecular weight is 287 g/mol. The Labute approximate surface area is 105 Å². The summed E-state index contributed by atoms with van der Waals surface area (Å²) >= 11 is 0. The maximum atomic E-state index is 12.5. The van der Waals surface area contributed by atoms with Crippen molar-refractivity contribution >= 4 is 29.3 Å². The minimum absolute atomic E-state index is 0.204. The van der Waals surface area contributed by atoms with Gasteiger partial charge in [0.2, 0.25) is 0 Å². The van der Waals surface area contributed by atoms with Crippen molar-refractivity contribution in [1.29, 1.82) is 0 Å². The van der Waals surface area contributed by atoms with Crippen molar-refractivity contribution in [3.05, 3.63) is 10.2 Å². The van der Waals surface area contributed by atoms with Gasteiger partial charge >= 0.3 is 7.60 Å². The van der Waals surface area contributed by atoms with Crippen LogP contribution in [0.5, 0.6) is 0 Å². The van der Waals surface area contributed by atoms with Crippen LogP contribution in [0.3, 0.4) is 0 Å². The largest absolute Gasteiger partial charge is 0.380 e. The molecule has 4 nitrogen and oxygen atoms in total. The fourth-order valence-electron chi connectivity index (χ4n) is 1.56. The van der Waals surface area contributed by atoms with E-state index in [-0.39, 0.29) is 6.61 Å². The average Bonchev–Trinajstić information content (AvgIpc) is 2.34. The molecule has 1 aliphatic heterocycles. The van der Waals surface area contributed by atoms with Gasteiger partial charge in [-0.1, -0.05) is 0 Å². The van der Waals surface area contributed by atoms with Crippen LogP contribution in [0.25, 0.3) is 0 Å². The molecule has 0 saturated heterocycles. The summed E-state index contributed by atoms with van der Waals surface area (Å²) < 4.78 is 28.3. The van der Waals surface area contributed by atoms with Gasteiger partial charge in [-0.2, -0.15) is 0 Å². The number of ether oxygens (including phenoxy) is 1. The molecule has 16 heavy (non-hydrogen) atoms. The summed E-state index contributed by atoms with van der Waals surface area (Å²) in [7, 11) is 5.10. The predicted molar refractivity (Wildman–Crippen MR) is 66.7 cm³/mol. The Bertz CT molecular complexity index is 342. The SMILES string of the molecule is CCOP1(=O)OC(C)(C)C(SCl)=C1COC. The Kier molecular flexibility index (Phi) is 4.93. The first-order chi connectivity index (χ1) is 7.41. The van der Waals surface area contributed by atoms with Gasteiger partial charge in [-0.25, -0.2) is 0 Å². The predicted octanol–water partition coefficient (Wildman–Crippen LogP) is 3.77. The van der Waals surface area contributed by atoms with E-state index >= 15 is 0 Å². The summed E-state index contributed by atoms with van der Waals surface area (Å²) in [5.74, 6) is 0. The quantitative estimate of drug-likeness (QED) is 0.720. The molecule has 0 bridgehead atoms. The van der Waals surface area contributed by atoms with Crippen LogP contribution in [-0.2, 0) is 18.3 Å². The Morgan fingerprint density at radius 3 is 2.62 bits per heavy atom. The van der Waals surface area contributed by atoms with Crippen molar-refractivity contribution < 1.29 is 18.3 Å². The van der Waals surface area contributed by atoms with Crippen LogP contribution >= 0.6 is 29.3 Å². The minimum Gasteiger partial charge on any atom is -0.380 e. The van der Waals surface area contributed by atoms with Crippen LogP contribution in [0.1, 0.15) is 20.8 Å². The van der Waals surface area contributed by atoms with Crippen molar-refractivity contribution in [2.75, 3.05) is 20.3 Å². The third-order valence-corrected chi connectivity index (χ3v) is 5.96. The zero-order valence-corrected chi connectivity index (χ0v) is 12.2. The maximum absolute atomic E-state index is 12.5. The molecule has 0 aromatic heterocycles. The highest BCUT2D eigenvalue weighted by Crippen LogP contribution is 2.68. The van der Waals surface area contributed by atoms with E-state index in [4.69, 9.17) is 24.5 Å². The molecular formula is C9H16ClO4PS. The third-order valence-electron chi connectivity index (χ3n) is 2.15. The van der Waals surface area contributed by atoms with Gasteiger partial charge in [-0.15, -0.1) is 0 Å². The minimum atomic E-state index is -3.24. The standard InChI is InChI=1S/C9H16ClO4PS/c1-5-13-15(11)7(6-12-4)8(16-10)9(2,3)14-15/h5-6H2,1-4H3. The monoisotopic (exact) mass is 286 g/mol. The molecule has 0 spiro atoms. The van der Waals surface area contributed by atoms with Crippen LogP contribution in [0, 0.1) is 0 Å². The first-order valence-electron chi connectivity index (χ1n) is 4.88. The molecule has 1 aliphatic rings. The van der Waals surface area contributed by atoms with Crippen LogP contribution in [-0.4, -0.2) is 25.9 Å². The van der Waals surface area contributed by atoms with Crippen LogP contribution < -0.4 is 0 Å². The zero-order valence-electron chi connectivity index (χ0n) is 9.78. The van der Waals surface area contributed by atoms with Crippen LogP contribution in [0.2, 0.25) is 0 Å². The van der Waals surface area contributed by atoms with Gasteiger partial charge in [-0.05, 0) is 42.4 Å². The zero-order chi connectivity index (χ0) is 12.4. The number of hydrogen-bond donors (Lipinski definition) is 0. The Hall–Kier alpha value is 0.490. The van der Waals surface area contributed by atoms with E-state index < -0.39 is 13.2 Å². The molecule has 0 amide bonds. The summed E-state index contributed by atoms with van der Waals surface area (Å²) in [4.78, 5) is 0.716. The summed E-state index contributed by atoms with van der Waals surface area (Å²) in [6.45, 7) is 5.92. The van der Waals surface area contributed by atoms with Gasteiger partial charge in [0, 0.05) is 12.0 Å². The first-order valence-corrected chi connectivity index (χ1v) is 8.07. The second kappa shape index (κ2) is 5.42. The number of rotatable bonds is 5. The molecule has 0 aromatic rings. The van der Waals surface area contributed by atoms with Crippen molar-refractivity contribution in [3.63, 3.8) is 0 Å². The molecular weight excluding hydrogens is 271 g/mol. The fourth-order valence-corrected chi connectivity index (χ4v) is 5.63. The van der Waals surface area contributed by atoms with E-state index in [9.17, 15) is 4.57 Å².